The maximum Gasteiger partial charge on any atom is 0.573 e. The largest absolute Gasteiger partial charge is 0.573 e. The molecule has 0 amide bonds. The zero-order valence-electron chi connectivity index (χ0n) is 17.3. The molecule has 0 atom stereocenters. The Labute approximate surface area is 182 Å². The van der Waals surface area contributed by atoms with E-state index in [1.54, 1.807) is 18.2 Å². The van der Waals surface area contributed by atoms with E-state index in [2.05, 4.69) is 14.6 Å². The quantitative estimate of drug-likeness (QED) is 0.570. The fourth-order valence-corrected chi connectivity index (χ4v) is 4.02. The molecule has 1 aliphatic rings. The lowest BCUT2D eigenvalue weighted by Crippen LogP contribution is -2.46. The molecule has 0 unspecified atom stereocenters. The van der Waals surface area contributed by atoms with Gasteiger partial charge in [-0.25, -0.2) is 4.39 Å². The maximum atomic E-state index is 13.3. The number of alkyl halides is 3. The Kier molecular flexibility index (Phi) is 6.36. The van der Waals surface area contributed by atoms with Crippen LogP contribution >= 0.6 is 0 Å². The molecule has 2 heterocycles. The molecule has 32 heavy (non-hydrogen) atoms. The van der Waals surface area contributed by atoms with Crippen molar-refractivity contribution in [1.82, 2.24) is 9.88 Å². The average molecular weight is 449 g/mol. The number of benzene rings is 2. The summed E-state index contributed by atoms with van der Waals surface area (Å²) in [4.78, 5) is 19.3. The van der Waals surface area contributed by atoms with Crippen molar-refractivity contribution < 1.29 is 22.3 Å². The zero-order chi connectivity index (χ0) is 22.7. The van der Waals surface area contributed by atoms with Gasteiger partial charge < -0.3 is 14.6 Å². The molecule has 0 aliphatic carbocycles. The summed E-state index contributed by atoms with van der Waals surface area (Å²) >= 11 is 0. The molecule has 5 nitrogen and oxygen atoms in total. The summed E-state index contributed by atoms with van der Waals surface area (Å²) in [6.07, 6.45) is -3.17. The van der Waals surface area contributed by atoms with Crippen LogP contribution in [0.1, 0.15) is 12.1 Å². The summed E-state index contributed by atoms with van der Waals surface area (Å²) in [6.45, 7) is 3.83. The summed E-state index contributed by atoms with van der Waals surface area (Å²) in [5.74, 6) is -0.654. The highest BCUT2D eigenvalue weighted by molar-refractivity contribution is 5.81. The molecule has 1 aliphatic heterocycles. The Balaban J connectivity index is 1.28. The molecule has 170 valence electrons. The maximum absolute atomic E-state index is 13.3. The van der Waals surface area contributed by atoms with Gasteiger partial charge in [0.05, 0.1) is 0 Å². The van der Waals surface area contributed by atoms with E-state index in [9.17, 15) is 22.4 Å². The standard InChI is InChI=1S/C23H23F4N3O2/c24-17-7-6-16-13-18(28-22(31)21(16)14-17)3-2-8-29-9-11-30(12-10-29)19-4-1-5-20(15-19)32-23(25,26)27/h1,4-7,13-15H,2-3,8-12H2,(H,28,31). The fourth-order valence-electron chi connectivity index (χ4n) is 4.02. The number of halogens is 4. The highest BCUT2D eigenvalue weighted by Gasteiger charge is 2.31. The molecule has 2 aromatic carbocycles. The highest BCUT2D eigenvalue weighted by Crippen LogP contribution is 2.27. The van der Waals surface area contributed by atoms with Crippen LogP contribution in [-0.2, 0) is 6.42 Å². The first-order valence-corrected chi connectivity index (χ1v) is 10.4. The van der Waals surface area contributed by atoms with Crippen molar-refractivity contribution in [1.29, 1.82) is 0 Å². The van der Waals surface area contributed by atoms with Crippen LogP contribution in [0.3, 0.4) is 0 Å². The van der Waals surface area contributed by atoms with Crippen LogP contribution in [0.5, 0.6) is 5.75 Å². The minimum atomic E-state index is -4.71. The average Bonchev–Trinajstić information content (AvgIpc) is 2.74. The van der Waals surface area contributed by atoms with Gasteiger partial charge in [0.15, 0.2) is 0 Å². The van der Waals surface area contributed by atoms with Crippen LogP contribution < -0.4 is 15.2 Å². The second-order valence-corrected chi connectivity index (χ2v) is 7.83. The molecule has 3 aromatic rings. The number of aromatic nitrogens is 1. The molecule has 0 radical (unpaired) electrons. The fraction of sp³-hybridized carbons (Fsp3) is 0.348. The van der Waals surface area contributed by atoms with Gasteiger partial charge in [-0.1, -0.05) is 12.1 Å². The zero-order valence-corrected chi connectivity index (χ0v) is 17.3. The van der Waals surface area contributed by atoms with E-state index < -0.39 is 12.2 Å². The van der Waals surface area contributed by atoms with Crippen molar-refractivity contribution in [3.05, 3.63) is 70.4 Å². The summed E-state index contributed by atoms with van der Waals surface area (Å²) in [5, 5.41) is 1.06. The van der Waals surface area contributed by atoms with Crippen molar-refractivity contribution in [3.63, 3.8) is 0 Å². The number of hydrogen-bond donors (Lipinski definition) is 1. The number of hydrogen-bond acceptors (Lipinski definition) is 4. The van der Waals surface area contributed by atoms with Gasteiger partial charge in [-0.3, -0.25) is 9.69 Å². The van der Waals surface area contributed by atoms with Crippen molar-refractivity contribution in [2.45, 2.75) is 19.2 Å². The summed E-state index contributed by atoms with van der Waals surface area (Å²) in [5.41, 5.74) is 1.23. The Morgan fingerprint density at radius 1 is 1.00 bits per heavy atom. The van der Waals surface area contributed by atoms with E-state index in [4.69, 9.17) is 0 Å². The molecule has 1 saturated heterocycles. The number of fused-ring (bicyclic) bond motifs is 1. The number of ether oxygens (including phenoxy) is 1. The number of H-pyrrole nitrogens is 1. The lowest BCUT2D eigenvalue weighted by atomic mass is 10.1. The summed E-state index contributed by atoms with van der Waals surface area (Å²) in [6, 6.07) is 12.1. The first-order valence-electron chi connectivity index (χ1n) is 10.4. The first-order chi connectivity index (χ1) is 15.3. The number of piperazine rings is 1. The summed E-state index contributed by atoms with van der Waals surface area (Å²) < 4.78 is 54.7. The third kappa shape index (κ3) is 5.59. The Morgan fingerprint density at radius 3 is 2.53 bits per heavy atom. The topological polar surface area (TPSA) is 48.6 Å². The van der Waals surface area contributed by atoms with E-state index in [0.29, 0.717) is 30.6 Å². The van der Waals surface area contributed by atoms with Crippen molar-refractivity contribution in [2.24, 2.45) is 0 Å². The number of aryl methyl sites for hydroxylation is 1. The predicted molar refractivity (Wildman–Crippen MR) is 115 cm³/mol. The van der Waals surface area contributed by atoms with Crippen molar-refractivity contribution in [2.75, 3.05) is 37.6 Å². The third-order valence-electron chi connectivity index (χ3n) is 5.57. The van der Waals surface area contributed by atoms with Gasteiger partial charge in [-0.2, -0.15) is 0 Å². The number of nitrogens with zero attached hydrogens (tertiary/aromatic N) is 2. The minimum absolute atomic E-state index is 0.218. The van der Waals surface area contributed by atoms with Crippen LogP contribution in [-0.4, -0.2) is 49.0 Å². The lowest BCUT2D eigenvalue weighted by molar-refractivity contribution is -0.274. The smallest absolute Gasteiger partial charge is 0.406 e. The molecule has 0 saturated carbocycles. The SMILES string of the molecule is O=c1[nH]c(CCCN2CCN(c3cccc(OC(F)(F)F)c3)CC2)cc2ccc(F)cc12. The number of nitrogens with one attached hydrogen (secondary N) is 1. The van der Waals surface area contributed by atoms with Gasteiger partial charge in [-0.15, -0.1) is 13.2 Å². The van der Waals surface area contributed by atoms with E-state index in [1.165, 1.54) is 24.3 Å². The molecular weight excluding hydrogens is 426 g/mol. The van der Waals surface area contributed by atoms with E-state index >= 15 is 0 Å². The van der Waals surface area contributed by atoms with Crippen LogP contribution in [0.25, 0.3) is 10.8 Å². The van der Waals surface area contributed by atoms with E-state index in [0.717, 1.165) is 37.1 Å². The monoisotopic (exact) mass is 449 g/mol. The Morgan fingerprint density at radius 2 is 1.78 bits per heavy atom. The second kappa shape index (κ2) is 9.20. The van der Waals surface area contributed by atoms with Gasteiger partial charge in [0, 0.05) is 49.0 Å². The van der Waals surface area contributed by atoms with Gasteiger partial charge >= 0.3 is 6.36 Å². The van der Waals surface area contributed by atoms with Crippen LogP contribution in [0.15, 0.2) is 53.3 Å². The molecule has 1 N–H and O–H groups in total. The van der Waals surface area contributed by atoms with Gasteiger partial charge in [0.2, 0.25) is 0 Å². The van der Waals surface area contributed by atoms with Crippen LogP contribution in [0.2, 0.25) is 0 Å². The molecule has 0 spiro atoms. The minimum Gasteiger partial charge on any atom is -0.406 e. The van der Waals surface area contributed by atoms with Crippen LogP contribution in [0, 0.1) is 5.82 Å². The Bertz CT molecular complexity index is 1140. The number of aromatic amines is 1. The predicted octanol–water partition coefficient (Wildman–Crippen LogP) is 4.32. The summed E-state index contributed by atoms with van der Waals surface area (Å²) in [7, 11) is 0. The number of anilines is 1. The normalized spacial score (nSPS) is 15.3. The lowest BCUT2D eigenvalue weighted by Gasteiger charge is -2.36. The van der Waals surface area contributed by atoms with Crippen molar-refractivity contribution in [3.8, 4) is 5.75 Å². The first kappa shape index (κ1) is 22.1. The van der Waals surface area contributed by atoms with Crippen molar-refractivity contribution >= 4 is 16.5 Å². The number of rotatable bonds is 6. The Hall–Kier alpha value is -3.07. The highest BCUT2D eigenvalue weighted by atomic mass is 19.4. The van der Waals surface area contributed by atoms with E-state index in [-0.39, 0.29) is 11.3 Å². The van der Waals surface area contributed by atoms with Gasteiger partial charge in [0.1, 0.15) is 11.6 Å². The third-order valence-corrected chi connectivity index (χ3v) is 5.57. The number of pyridine rings is 1. The van der Waals surface area contributed by atoms with Crippen LogP contribution in [0.4, 0.5) is 23.2 Å². The molecular formula is C23H23F4N3O2. The molecule has 0 bridgehead atoms. The second-order valence-electron chi connectivity index (χ2n) is 7.83. The van der Waals surface area contributed by atoms with Gasteiger partial charge in [-0.05, 0) is 55.1 Å². The molecule has 9 heteroatoms. The molecule has 4 rings (SSSR count). The van der Waals surface area contributed by atoms with Gasteiger partial charge in [0.25, 0.3) is 5.56 Å². The molecule has 1 fully saturated rings. The van der Waals surface area contributed by atoms with E-state index in [1.807, 2.05) is 11.0 Å². The molecule has 1 aromatic heterocycles.